The Morgan fingerprint density at radius 1 is 1.33 bits per heavy atom. The van der Waals surface area contributed by atoms with Crippen LogP contribution in [0.3, 0.4) is 0 Å². The van der Waals surface area contributed by atoms with E-state index >= 15 is 0 Å². The fraction of sp³-hybridized carbons (Fsp3) is 0.600. The molecule has 3 unspecified atom stereocenters. The lowest BCUT2D eigenvalue weighted by Gasteiger charge is -2.43. The lowest BCUT2D eigenvalue weighted by atomic mass is 9.85. The summed E-state index contributed by atoms with van der Waals surface area (Å²) in [4.78, 5) is 2.44. The van der Waals surface area contributed by atoms with Crippen LogP contribution < -0.4 is 4.90 Å². The van der Waals surface area contributed by atoms with E-state index in [1.807, 2.05) is 6.07 Å². The molecule has 1 fully saturated rings. The number of rotatable bonds is 2. The van der Waals surface area contributed by atoms with E-state index in [9.17, 15) is 4.39 Å². The van der Waals surface area contributed by atoms with Gasteiger partial charge in [-0.3, -0.25) is 0 Å². The minimum Gasteiger partial charge on any atom is -0.368 e. The van der Waals surface area contributed by atoms with Crippen molar-refractivity contribution in [2.24, 2.45) is 11.8 Å². The third kappa shape index (κ3) is 2.71. The van der Waals surface area contributed by atoms with Crippen LogP contribution in [-0.2, 0) is 5.33 Å². The monoisotopic (exact) mass is 313 g/mol. The van der Waals surface area contributed by atoms with E-state index in [0.29, 0.717) is 23.2 Å². The molecule has 0 spiro atoms. The van der Waals surface area contributed by atoms with Crippen LogP contribution in [0, 0.1) is 17.7 Å². The fourth-order valence-corrected chi connectivity index (χ4v) is 3.42. The van der Waals surface area contributed by atoms with Gasteiger partial charge in [0.15, 0.2) is 0 Å². The number of nitrogens with zero attached hydrogens (tertiary/aromatic N) is 1. The molecule has 0 N–H and O–H groups in total. The Hall–Kier alpha value is -0.570. The van der Waals surface area contributed by atoms with E-state index in [4.69, 9.17) is 0 Å². The topological polar surface area (TPSA) is 3.24 Å². The first-order chi connectivity index (χ1) is 8.52. The molecule has 0 aliphatic carbocycles. The van der Waals surface area contributed by atoms with Crippen molar-refractivity contribution in [1.29, 1.82) is 0 Å². The van der Waals surface area contributed by atoms with Crippen LogP contribution in [0.5, 0.6) is 0 Å². The number of halogens is 2. The molecular formula is C15H21BrFN. The Bertz CT molecular complexity index is 421. The van der Waals surface area contributed by atoms with Crippen LogP contribution in [0.4, 0.5) is 10.1 Å². The summed E-state index contributed by atoms with van der Waals surface area (Å²) in [5.74, 6) is 1.23. The summed E-state index contributed by atoms with van der Waals surface area (Å²) < 4.78 is 13.3. The maximum absolute atomic E-state index is 13.3. The van der Waals surface area contributed by atoms with Crippen LogP contribution in [0.1, 0.15) is 32.8 Å². The number of anilines is 1. The molecule has 3 atom stereocenters. The summed E-state index contributed by atoms with van der Waals surface area (Å²) in [5, 5.41) is 0.700. The average Bonchev–Trinajstić information content (AvgIpc) is 2.34. The maximum atomic E-state index is 13.3. The van der Waals surface area contributed by atoms with Crippen molar-refractivity contribution < 1.29 is 4.39 Å². The quantitative estimate of drug-likeness (QED) is 0.722. The van der Waals surface area contributed by atoms with Crippen LogP contribution in [0.15, 0.2) is 18.2 Å². The van der Waals surface area contributed by atoms with Crippen LogP contribution in [0.2, 0.25) is 0 Å². The van der Waals surface area contributed by atoms with Crippen molar-refractivity contribution >= 4 is 21.6 Å². The van der Waals surface area contributed by atoms with Crippen LogP contribution in [-0.4, -0.2) is 12.6 Å². The summed E-state index contributed by atoms with van der Waals surface area (Å²) in [5.41, 5.74) is 2.22. The fourth-order valence-electron chi connectivity index (χ4n) is 2.97. The Balaban J connectivity index is 2.34. The number of hydrogen-bond acceptors (Lipinski definition) is 1. The molecule has 1 heterocycles. The molecule has 0 saturated carbocycles. The summed E-state index contributed by atoms with van der Waals surface area (Å²) in [6, 6.07) is 5.65. The molecule has 100 valence electrons. The molecule has 1 aromatic carbocycles. The highest BCUT2D eigenvalue weighted by Gasteiger charge is 2.29. The second-order valence-electron chi connectivity index (χ2n) is 5.62. The van der Waals surface area contributed by atoms with Crippen molar-refractivity contribution in [1.82, 2.24) is 0 Å². The van der Waals surface area contributed by atoms with Gasteiger partial charge in [-0.1, -0.05) is 29.8 Å². The number of alkyl halides is 1. The van der Waals surface area contributed by atoms with Gasteiger partial charge in [0, 0.05) is 23.6 Å². The minimum absolute atomic E-state index is 0.154. The lowest BCUT2D eigenvalue weighted by molar-refractivity contribution is 0.296. The van der Waals surface area contributed by atoms with Crippen molar-refractivity contribution in [3.63, 3.8) is 0 Å². The molecule has 1 saturated heterocycles. The molecule has 1 aliphatic rings. The molecule has 3 heteroatoms. The van der Waals surface area contributed by atoms with E-state index < -0.39 is 0 Å². The number of piperidine rings is 1. The number of hydrogen-bond donors (Lipinski definition) is 0. The zero-order chi connectivity index (χ0) is 13.3. The largest absolute Gasteiger partial charge is 0.368 e. The lowest BCUT2D eigenvalue weighted by Crippen LogP contribution is -2.46. The zero-order valence-electron chi connectivity index (χ0n) is 11.3. The summed E-state index contributed by atoms with van der Waals surface area (Å²) in [6.07, 6.45) is 1.28. The molecule has 0 aromatic heterocycles. The number of benzene rings is 1. The SMILES string of the molecule is CC1CC(C)C(C)N(c2ccc(F)cc2CBr)C1. The van der Waals surface area contributed by atoms with Crippen LogP contribution >= 0.6 is 15.9 Å². The zero-order valence-corrected chi connectivity index (χ0v) is 12.9. The van der Waals surface area contributed by atoms with Gasteiger partial charge >= 0.3 is 0 Å². The predicted molar refractivity (Wildman–Crippen MR) is 78.8 cm³/mol. The molecule has 0 bridgehead atoms. The first-order valence-corrected chi connectivity index (χ1v) is 7.76. The van der Waals surface area contributed by atoms with Crippen molar-refractivity contribution in [2.45, 2.75) is 38.6 Å². The third-order valence-corrected chi connectivity index (χ3v) is 4.70. The van der Waals surface area contributed by atoms with E-state index in [1.165, 1.54) is 12.1 Å². The van der Waals surface area contributed by atoms with Gasteiger partial charge in [0.05, 0.1) is 0 Å². The van der Waals surface area contributed by atoms with Crippen LogP contribution in [0.25, 0.3) is 0 Å². The molecule has 1 nitrogen and oxygen atoms in total. The van der Waals surface area contributed by atoms with E-state index in [1.54, 1.807) is 12.1 Å². The summed E-state index contributed by atoms with van der Waals surface area (Å²) in [6.45, 7) is 7.95. The highest BCUT2D eigenvalue weighted by Crippen LogP contribution is 2.34. The highest BCUT2D eigenvalue weighted by molar-refractivity contribution is 9.08. The minimum atomic E-state index is -0.154. The molecular weight excluding hydrogens is 293 g/mol. The van der Waals surface area contributed by atoms with Gasteiger partial charge in [0.25, 0.3) is 0 Å². The standard InChI is InChI=1S/C15H21BrFN/c1-10-6-11(2)12(3)18(9-10)15-5-4-14(17)7-13(15)8-16/h4-5,7,10-12H,6,8-9H2,1-3H3. The molecule has 18 heavy (non-hydrogen) atoms. The summed E-state index contributed by atoms with van der Waals surface area (Å²) >= 11 is 3.47. The predicted octanol–water partition coefficient (Wildman–Crippen LogP) is 4.59. The molecule has 0 amide bonds. The first kappa shape index (κ1) is 13.9. The highest BCUT2D eigenvalue weighted by atomic mass is 79.9. The molecule has 1 aromatic rings. The maximum Gasteiger partial charge on any atom is 0.123 e. The van der Waals surface area contributed by atoms with Gasteiger partial charge in [-0.25, -0.2) is 4.39 Å². The van der Waals surface area contributed by atoms with Gasteiger partial charge in [0.1, 0.15) is 5.82 Å². The Kier molecular flexibility index (Phi) is 4.31. The van der Waals surface area contributed by atoms with Crippen molar-refractivity contribution in [3.05, 3.63) is 29.6 Å². The summed E-state index contributed by atoms with van der Waals surface area (Å²) in [7, 11) is 0. The van der Waals surface area contributed by atoms with Crippen molar-refractivity contribution in [3.8, 4) is 0 Å². The van der Waals surface area contributed by atoms with Crippen molar-refractivity contribution in [2.75, 3.05) is 11.4 Å². The second kappa shape index (κ2) is 5.60. The Labute approximate surface area is 118 Å². The first-order valence-electron chi connectivity index (χ1n) is 6.64. The second-order valence-corrected chi connectivity index (χ2v) is 6.18. The normalized spacial score (nSPS) is 28.5. The van der Waals surface area contributed by atoms with E-state index in [2.05, 4.69) is 41.6 Å². The van der Waals surface area contributed by atoms with Gasteiger partial charge in [-0.2, -0.15) is 0 Å². The van der Waals surface area contributed by atoms with Gasteiger partial charge < -0.3 is 4.90 Å². The smallest absolute Gasteiger partial charge is 0.123 e. The van der Waals surface area contributed by atoms with Gasteiger partial charge in [-0.05, 0) is 48.9 Å². The van der Waals surface area contributed by atoms with E-state index in [0.717, 1.165) is 12.1 Å². The average molecular weight is 314 g/mol. The molecule has 2 rings (SSSR count). The third-order valence-electron chi connectivity index (χ3n) is 4.09. The van der Waals surface area contributed by atoms with Gasteiger partial charge in [0.2, 0.25) is 0 Å². The van der Waals surface area contributed by atoms with E-state index in [-0.39, 0.29) is 5.82 Å². The Morgan fingerprint density at radius 2 is 2.06 bits per heavy atom. The molecule has 0 radical (unpaired) electrons. The molecule has 1 aliphatic heterocycles. The van der Waals surface area contributed by atoms with Gasteiger partial charge in [-0.15, -0.1) is 0 Å². The Morgan fingerprint density at radius 3 is 2.72 bits per heavy atom.